The Morgan fingerprint density at radius 3 is 2.53 bits per heavy atom. The summed E-state index contributed by atoms with van der Waals surface area (Å²) >= 11 is 0. The summed E-state index contributed by atoms with van der Waals surface area (Å²) in [6, 6.07) is 1.16. The molecule has 0 aromatic carbocycles. The summed E-state index contributed by atoms with van der Waals surface area (Å²) < 4.78 is 35.7. The number of piperidine rings is 1. The molecule has 4 heterocycles. The van der Waals surface area contributed by atoms with Crippen LogP contribution >= 0.6 is 0 Å². The monoisotopic (exact) mass is 516 g/mol. The number of fused-ring (bicyclic) bond motifs is 1. The van der Waals surface area contributed by atoms with Crippen LogP contribution in [0.3, 0.4) is 0 Å². The molecule has 2 saturated heterocycles. The van der Waals surface area contributed by atoms with E-state index in [-0.39, 0.29) is 17.2 Å². The Labute approximate surface area is 210 Å². The molecule has 194 valence electrons. The predicted molar refractivity (Wildman–Crippen MR) is 135 cm³/mol. The zero-order chi connectivity index (χ0) is 25.5. The highest BCUT2D eigenvalue weighted by Gasteiger charge is 2.40. The number of ether oxygens (including phenoxy) is 1. The SMILES string of the molecule is C#Cc1cc2cnc(NC3CCN(S(=O)(=O)N4CCOCC4)CC3)nc2n([C@@H]2CCC[C@@]2(C)O)c1=O. The second-order valence-corrected chi connectivity index (χ2v) is 11.9. The minimum Gasteiger partial charge on any atom is -0.388 e. The van der Waals surface area contributed by atoms with Gasteiger partial charge in [0.25, 0.3) is 15.8 Å². The van der Waals surface area contributed by atoms with Crippen LogP contribution in [0.15, 0.2) is 17.1 Å². The van der Waals surface area contributed by atoms with Gasteiger partial charge in [-0.1, -0.05) is 5.92 Å². The molecule has 2 N–H and O–H groups in total. The van der Waals surface area contributed by atoms with Gasteiger partial charge < -0.3 is 15.2 Å². The number of pyridine rings is 1. The average Bonchev–Trinajstić information content (AvgIpc) is 3.23. The first-order valence-corrected chi connectivity index (χ1v) is 13.8. The van der Waals surface area contributed by atoms with E-state index in [4.69, 9.17) is 11.2 Å². The third-order valence-electron chi connectivity index (χ3n) is 7.53. The van der Waals surface area contributed by atoms with Gasteiger partial charge in [0.2, 0.25) is 5.95 Å². The second-order valence-electron chi connectivity index (χ2n) is 9.95. The lowest BCUT2D eigenvalue weighted by atomic mass is 9.99. The molecule has 12 heteroatoms. The van der Waals surface area contributed by atoms with Gasteiger partial charge in [0.1, 0.15) is 5.65 Å². The van der Waals surface area contributed by atoms with E-state index >= 15 is 0 Å². The minimum absolute atomic E-state index is 0.0154. The van der Waals surface area contributed by atoms with E-state index in [0.29, 0.717) is 82.1 Å². The van der Waals surface area contributed by atoms with E-state index in [1.807, 2.05) is 0 Å². The van der Waals surface area contributed by atoms with E-state index in [2.05, 4.69) is 21.2 Å². The molecule has 2 aromatic heterocycles. The summed E-state index contributed by atoms with van der Waals surface area (Å²) in [6.45, 7) is 4.12. The van der Waals surface area contributed by atoms with E-state index < -0.39 is 21.9 Å². The Bertz CT molecular complexity index is 1340. The van der Waals surface area contributed by atoms with Gasteiger partial charge in [-0.3, -0.25) is 9.36 Å². The summed E-state index contributed by atoms with van der Waals surface area (Å²) in [6.07, 6.45) is 10.5. The molecular formula is C24H32N6O5S. The molecule has 5 rings (SSSR count). The largest absolute Gasteiger partial charge is 0.388 e. The fraction of sp³-hybridized carbons (Fsp3) is 0.625. The standard InChI is InChI=1S/C24H32N6O5S/c1-3-17-15-18-16-25-23(27-21(18)30(22(17)31)20-5-4-8-24(20,2)32)26-19-6-9-28(10-7-19)36(33,34)29-11-13-35-14-12-29/h1,15-16,19-20,32H,4-14H2,2H3,(H,25,26,27)/t20-,24-/m1/s1. The van der Waals surface area contributed by atoms with Crippen LogP contribution in [0.25, 0.3) is 11.0 Å². The fourth-order valence-corrected chi connectivity index (χ4v) is 7.08. The molecule has 0 spiro atoms. The van der Waals surface area contributed by atoms with Crippen molar-refractivity contribution in [2.45, 2.75) is 56.7 Å². The molecule has 3 aliphatic rings. The molecule has 11 nitrogen and oxygen atoms in total. The number of terminal acetylenes is 1. The number of aliphatic hydroxyl groups is 1. The van der Waals surface area contributed by atoms with Crippen LogP contribution < -0.4 is 10.9 Å². The smallest absolute Gasteiger partial charge is 0.282 e. The Morgan fingerprint density at radius 1 is 1.19 bits per heavy atom. The van der Waals surface area contributed by atoms with E-state index in [0.717, 1.165) is 6.42 Å². The Balaban J connectivity index is 1.36. The number of aromatic nitrogens is 3. The maximum Gasteiger partial charge on any atom is 0.282 e. The lowest BCUT2D eigenvalue weighted by molar-refractivity contribution is 0.0266. The third kappa shape index (κ3) is 4.62. The van der Waals surface area contributed by atoms with Gasteiger partial charge in [-0.15, -0.1) is 6.42 Å². The molecule has 2 atom stereocenters. The fourth-order valence-electron chi connectivity index (χ4n) is 5.47. The maximum absolute atomic E-state index is 13.2. The van der Waals surface area contributed by atoms with Gasteiger partial charge in [-0.05, 0) is 45.1 Å². The number of anilines is 1. The van der Waals surface area contributed by atoms with Crippen LogP contribution in [0.4, 0.5) is 5.95 Å². The Kier molecular flexibility index (Phi) is 6.78. The summed E-state index contributed by atoms with van der Waals surface area (Å²) in [7, 11) is -3.50. The number of rotatable bonds is 5. The van der Waals surface area contributed by atoms with Gasteiger partial charge in [-0.2, -0.15) is 22.0 Å². The molecule has 2 aromatic rings. The van der Waals surface area contributed by atoms with Gasteiger partial charge in [0.05, 0.1) is 30.4 Å². The molecule has 0 radical (unpaired) electrons. The second kappa shape index (κ2) is 9.72. The Hall–Kier alpha value is -2.56. The first-order chi connectivity index (χ1) is 17.2. The highest BCUT2D eigenvalue weighted by atomic mass is 32.2. The number of nitrogens with zero attached hydrogens (tertiary/aromatic N) is 5. The van der Waals surface area contributed by atoms with Gasteiger partial charge in [0.15, 0.2) is 0 Å². The zero-order valence-corrected chi connectivity index (χ0v) is 21.2. The zero-order valence-electron chi connectivity index (χ0n) is 20.4. The van der Waals surface area contributed by atoms with Crippen LogP contribution in [0.2, 0.25) is 0 Å². The molecule has 3 fully saturated rings. The van der Waals surface area contributed by atoms with Crippen molar-refractivity contribution in [3.8, 4) is 12.3 Å². The molecular weight excluding hydrogens is 484 g/mol. The van der Waals surface area contributed by atoms with Gasteiger partial charge >= 0.3 is 0 Å². The van der Waals surface area contributed by atoms with Crippen molar-refractivity contribution in [1.82, 2.24) is 23.1 Å². The van der Waals surface area contributed by atoms with Crippen molar-refractivity contribution in [3.05, 3.63) is 28.2 Å². The minimum atomic E-state index is -3.50. The summed E-state index contributed by atoms with van der Waals surface area (Å²) in [5.41, 5.74) is -0.746. The molecule has 0 bridgehead atoms. The van der Waals surface area contributed by atoms with Crippen LogP contribution in [-0.4, -0.2) is 87.7 Å². The van der Waals surface area contributed by atoms with Gasteiger partial charge in [0, 0.05) is 43.8 Å². The Morgan fingerprint density at radius 2 is 1.89 bits per heavy atom. The van der Waals surface area contributed by atoms with E-state index in [1.165, 1.54) is 13.2 Å². The lowest BCUT2D eigenvalue weighted by Gasteiger charge is -2.36. The first-order valence-electron chi connectivity index (χ1n) is 12.4. The lowest BCUT2D eigenvalue weighted by Crippen LogP contribution is -2.51. The van der Waals surface area contributed by atoms with Crippen molar-refractivity contribution in [3.63, 3.8) is 0 Å². The predicted octanol–water partition coefficient (Wildman–Crippen LogP) is 0.702. The summed E-state index contributed by atoms with van der Waals surface area (Å²) in [4.78, 5) is 22.3. The van der Waals surface area contributed by atoms with Crippen molar-refractivity contribution < 1.29 is 18.3 Å². The van der Waals surface area contributed by atoms with Crippen molar-refractivity contribution in [2.24, 2.45) is 0 Å². The molecule has 0 amide bonds. The number of nitrogens with one attached hydrogen (secondary N) is 1. The maximum atomic E-state index is 13.2. The number of hydrogen-bond acceptors (Lipinski definition) is 8. The highest BCUT2D eigenvalue weighted by molar-refractivity contribution is 7.86. The normalized spacial score (nSPS) is 26.8. The van der Waals surface area contributed by atoms with Gasteiger partial charge in [-0.25, -0.2) is 4.98 Å². The molecule has 1 saturated carbocycles. The van der Waals surface area contributed by atoms with Crippen LogP contribution in [-0.2, 0) is 14.9 Å². The molecule has 0 unspecified atom stereocenters. The molecule has 36 heavy (non-hydrogen) atoms. The number of hydrogen-bond donors (Lipinski definition) is 2. The topological polar surface area (TPSA) is 130 Å². The number of morpholine rings is 1. The van der Waals surface area contributed by atoms with Crippen LogP contribution in [0.1, 0.15) is 50.6 Å². The summed E-state index contributed by atoms with van der Waals surface area (Å²) in [5, 5.41) is 14.9. The van der Waals surface area contributed by atoms with Crippen LogP contribution in [0, 0.1) is 12.3 Å². The molecule has 1 aliphatic carbocycles. The van der Waals surface area contributed by atoms with Crippen molar-refractivity contribution >= 4 is 27.2 Å². The summed E-state index contributed by atoms with van der Waals surface area (Å²) in [5.74, 6) is 2.81. The van der Waals surface area contributed by atoms with Crippen molar-refractivity contribution in [1.29, 1.82) is 0 Å². The van der Waals surface area contributed by atoms with E-state index in [9.17, 15) is 18.3 Å². The average molecular weight is 517 g/mol. The van der Waals surface area contributed by atoms with Crippen LogP contribution in [0.5, 0.6) is 0 Å². The third-order valence-corrected chi connectivity index (χ3v) is 9.56. The molecule has 2 aliphatic heterocycles. The van der Waals surface area contributed by atoms with E-state index in [1.54, 1.807) is 19.2 Å². The quantitative estimate of drug-likeness (QED) is 0.556. The highest BCUT2D eigenvalue weighted by Crippen LogP contribution is 2.39. The van der Waals surface area contributed by atoms with Crippen molar-refractivity contribution in [2.75, 3.05) is 44.7 Å². The first kappa shape index (κ1) is 25.1.